The van der Waals surface area contributed by atoms with Gasteiger partial charge in [-0.2, -0.15) is 0 Å². The van der Waals surface area contributed by atoms with Crippen molar-refractivity contribution in [3.05, 3.63) is 71.5 Å². The van der Waals surface area contributed by atoms with Crippen molar-refractivity contribution in [1.82, 2.24) is 9.47 Å². The minimum Gasteiger partial charge on any atom is -0.345 e. The lowest BCUT2D eigenvalue weighted by Gasteiger charge is -2.29. The third kappa shape index (κ3) is 4.59. The van der Waals surface area contributed by atoms with Gasteiger partial charge in [0, 0.05) is 35.9 Å². The summed E-state index contributed by atoms with van der Waals surface area (Å²) < 4.78 is 2.17. The van der Waals surface area contributed by atoms with E-state index in [1.54, 1.807) is 0 Å². The molecule has 26 heavy (non-hydrogen) atoms. The largest absolute Gasteiger partial charge is 0.345 e. The molecule has 0 N–H and O–H groups in total. The molecule has 1 heterocycles. The Kier molecular flexibility index (Phi) is 6.56. The molecule has 3 rings (SSSR count). The Morgan fingerprint density at radius 3 is 2.69 bits per heavy atom. The van der Waals surface area contributed by atoms with Crippen LogP contribution in [0.15, 0.2) is 55.3 Å². The fraction of sp³-hybridized carbons (Fsp3) is 0.409. The van der Waals surface area contributed by atoms with Gasteiger partial charge in [-0.3, -0.25) is 4.79 Å². The topological polar surface area (TPSA) is 25.2 Å². The van der Waals surface area contributed by atoms with Gasteiger partial charge in [0.1, 0.15) is 0 Å². The fourth-order valence-corrected chi connectivity index (χ4v) is 3.94. The second kappa shape index (κ2) is 9.09. The van der Waals surface area contributed by atoms with E-state index in [1.165, 1.54) is 19.3 Å². The van der Waals surface area contributed by atoms with E-state index in [2.05, 4.69) is 23.4 Å². The van der Waals surface area contributed by atoms with E-state index in [1.807, 2.05) is 41.3 Å². The molecule has 1 saturated carbocycles. The number of carbonyl (C=O) groups is 1. The molecule has 0 saturated heterocycles. The van der Waals surface area contributed by atoms with Crippen LogP contribution in [0.4, 0.5) is 0 Å². The lowest BCUT2D eigenvalue weighted by molar-refractivity contribution is -0.136. The molecular weight excluding hydrogens is 344 g/mol. The highest BCUT2D eigenvalue weighted by molar-refractivity contribution is 6.31. The Morgan fingerprint density at radius 2 is 1.96 bits per heavy atom. The number of amides is 1. The molecule has 0 bridgehead atoms. The zero-order valence-corrected chi connectivity index (χ0v) is 16.0. The average Bonchev–Trinajstić information content (AvgIpc) is 3.10. The van der Waals surface area contributed by atoms with Gasteiger partial charge in [-0.05, 0) is 36.6 Å². The van der Waals surface area contributed by atoms with Gasteiger partial charge in [0.05, 0.1) is 6.54 Å². The Morgan fingerprint density at radius 1 is 1.19 bits per heavy atom. The van der Waals surface area contributed by atoms with Gasteiger partial charge in [0.15, 0.2) is 0 Å². The first-order valence-electron chi connectivity index (χ1n) is 9.46. The van der Waals surface area contributed by atoms with Crippen LogP contribution >= 0.6 is 11.6 Å². The van der Waals surface area contributed by atoms with Crippen molar-refractivity contribution in [1.29, 1.82) is 0 Å². The SMILES string of the molecule is C=CCN(Cc1cccn1Cc1ccccc1Cl)C(=O)C1CCCCC1. The number of halogens is 1. The van der Waals surface area contributed by atoms with E-state index in [0.717, 1.165) is 29.1 Å². The molecule has 0 atom stereocenters. The number of hydrogen-bond donors (Lipinski definition) is 0. The zero-order valence-electron chi connectivity index (χ0n) is 15.2. The lowest BCUT2D eigenvalue weighted by Crippen LogP contribution is -2.37. The first kappa shape index (κ1) is 18.8. The minimum absolute atomic E-state index is 0.177. The van der Waals surface area contributed by atoms with E-state index < -0.39 is 0 Å². The third-order valence-corrected chi connectivity index (χ3v) is 5.56. The molecule has 0 aliphatic heterocycles. The van der Waals surface area contributed by atoms with E-state index in [0.29, 0.717) is 19.6 Å². The molecule has 1 aromatic heterocycles. The molecule has 138 valence electrons. The third-order valence-electron chi connectivity index (χ3n) is 5.19. The van der Waals surface area contributed by atoms with Crippen LogP contribution in [0.2, 0.25) is 5.02 Å². The van der Waals surface area contributed by atoms with Crippen LogP contribution in [0.3, 0.4) is 0 Å². The first-order chi connectivity index (χ1) is 12.7. The highest BCUT2D eigenvalue weighted by Gasteiger charge is 2.26. The van der Waals surface area contributed by atoms with Crippen LogP contribution in [-0.4, -0.2) is 21.9 Å². The molecular formula is C22H27ClN2O. The van der Waals surface area contributed by atoms with Crippen molar-refractivity contribution < 1.29 is 4.79 Å². The summed E-state index contributed by atoms with van der Waals surface area (Å²) in [5.41, 5.74) is 2.21. The summed E-state index contributed by atoms with van der Waals surface area (Å²) in [6, 6.07) is 12.0. The summed E-state index contributed by atoms with van der Waals surface area (Å²) in [6.45, 7) is 5.75. The van der Waals surface area contributed by atoms with Crippen molar-refractivity contribution >= 4 is 17.5 Å². The van der Waals surface area contributed by atoms with Crippen molar-refractivity contribution in [2.75, 3.05) is 6.54 Å². The number of aromatic nitrogens is 1. The molecule has 2 aromatic rings. The summed E-state index contributed by atoms with van der Waals surface area (Å²) in [7, 11) is 0. The van der Waals surface area contributed by atoms with Crippen LogP contribution in [-0.2, 0) is 17.9 Å². The summed E-state index contributed by atoms with van der Waals surface area (Å²) in [6.07, 6.45) is 9.51. The second-order valence-electron chi connectivity index (χ2n) is 7.06. The quantitative estimate of drug-likeness (QED) is 0.608. The highest BCUT2D eigenvalue weighted by Crippen LogP contribution is 2.26. The number of rotatable bonds is 7. The van der Waals surface area contributed by atoms with E-state index >= 15 is 0 Å². The van der Waals surface area contributed by atoms with Gasteiger partial charge in [0.2, 0.25) is 5.91 Å². The Labute approximate surface area is 161 Å². The molecule has 0 spiro atoms. The standard InChI is InChI=1S/C22H27ClN2O/c1-2-14-25(22(26)18-9-4-3-5-10-18)17-20-12-8-15-24(20)16-19-11-6-7-13-21(19)23/h2,6-8,11-13,15,18H,1,3-5,9-10,14,16-17H2. The molecule has 4 heteroatoms. The van der Waals surface area contributed by atoms with Crippen molar-refractivity contribution in [2.24, 2.45) is 5.92 Å². The number of carbonyl (C=O) groups excluding carboxylic acids is 1. The van der Waals surface area contributed by atoms with Crippen LogP contribution in [0.25, 0.3) is 0 Å². The van der Waals surface area contributed by atoms with Gasteiger partial charge in [-0.25, -0.2) is 0 Å². The number of hydrogen-bond acceptors (Lipinski definition) is 1. The van der Waals surface area contributed by atoms with Crippen LogP contribution < -0.4 is 0 Å². The van der Waals surface area contributed by atoms with E-state index in [4.69, 9.17) is 11.6 Å². The van der Waals surface area contributed by atoms with Gasteiger partial charge in [-0.15, -0.1) is 6.58 Å². The van der Waals surface area contributed by atoms with Crippen LogP contribution in [0.5, 0.6) is 0 Å². The molecule has 1 amide bonds. The Balaban J connectivity index is 1.73. The fourth-order valence-electron chi connectivity index (χ4n) is 3.75. The second-order valence-corrected chi connectivity index (χ2v) is 7.47. The van der Waals surface area contributed by atoms with Crippen LogP contribution in [0.1, 0.15) is 43.4 Å². The predicted octanol–water partition coefficient (Wildman–Crippen LogP) is 5.28. The first-order valence-corrected chi connectivity index (χ1v) is 9.84. The van der Waals surface area contributed by atoms with Gasteiger partial charge in [-0.1, -0.05) is 55.1 Å². The molecule has 0 unspecified atom stereocenters. The molecule has 0 radical (unpaired) electrons. The monoisotopic (exact) mass is 370 g/mol. The van der Waals surface area contributed by atoms with E-state index in [9.17, 15) is 4.79 Å². The van der Waals surface area contributed by atoms with Crippen molar-refractivity contribution in [2.45, 2.75) is 45.2 Å². The number of benzene rings is 1. The normalized spacial score (nSPS) is 15.0. The Bertz CT molecular complexity index is 746. The maximum atomic E-state index is 13.0. The lowest BCUT2D eigenvalue weighted by atomic mass is 9.88. The molecule has 3 nitrogen and oxygen atoms in total. The highest BCUT2D eigenvalue weighted by atomic mass is 35.5. The molecule has 1 aliphatic carbocycles. The summed E-state index contributed by atoms with van der Waals surface area (Å²) in [5, 5.41) is 0.772. The summed E-state index contributed by atoms with van der Waals surface area (Å²) >= 11 is 6.31. The Hall–Kier alpha value is -2.00. The van der Waals surface area contributed by atoms with Gasteiger partial charge in [0.25, 0.3) is 0 Å². The zero-order chi connectivity index (χ0) is 18.4. The summed E-state index contributed by atoms with van der Waals surface area (Å²) in [5.74, 6) is 0.450. The van der Waals surface area contributed by atoms with Crippen molar-refractivity contribution in [3.8, 4) is 0 Å². The molecule has 1 fully saturated rings. The molecule has 1 aliphatic rings. The van der Waals surface area contributed by atoms with Gasteiger partial charge >= 0.3 is 0 Å². The van der Waals surface area contributed by atoms with Crippen LogP contribution in [0, 0.1) is 5.92 Å². The smallest absolute Gasteiger partial charge is 0.226 e. The number of nitrogens with zero attached hydrogens (tertiary/aromatic N) is 2. The maximum Gasteiger partial charge on any atom is 0.226 e. The van der Waals surface area contributed by atoms with E-state index in [-0.39, 0.29) is 11.8 Å². The molecule has 1 aromatic carbocycles. The minimum atomic E-state index is 0.177. The average molecular weight is 371 g/mol. The maximum absolute atomic E-state index is 13.0. The predicted molar refractivity (Wildman–Crippen MR) is 107 cm³/mol. The van der Waals surface area contributed by atoms with Crippen molar-refractivity contribution in [3.63, 3.8) is 0 Å². The summed E-state index contributed by atoms with van der Waals surface area (Å²) in [4.78, 5) is 14.9. The van der Waals surface area contributed by atoms with Gasteiger partial charge < -0.3 is 9.47 Å².